The maximum atomic E-state index is 11.3. The maximum absolute atomic E-state index is 11.3. The second-order valence-corrected chi connectivity index (χ2v) is 9.91. The Hall–Kier alpha value is -2.05. The van der Waals surface area contributed by atoms with Gasteiger partial charge in [0, 0.05) is 6.07 Å². The van der Waals surface area contributed by atoms with Crippen LogP contribution in [-0.4, -0.2) is 18.1 Å². The normalized spacial score (nSPS) is 11.6. The van der Waals surface area contributed by atoms with E-state index < -0.39 is 10.1 Å². The van der Waals surface area contributed by atoms with Crippen LogP contribution in [0.5, 0.6) is 17.2 Å². The van der Waals surface area contributed by atoms with Crippen molar-refractivity contribution >= 4 is 10.1 Å². The lowest BCUT2D eigenvalue weighted by Gasteiger charge is -2.10. The number of unbranched alkanes of at least 4 members (excludes halogenated alkanes) is 11. The fourth-order valence-corrected chi connectivity index (χ4v) is 4.31. The standard InChI is InChI=1S/C26H38O5S/c1-2-3-4-5-6-7-8-9-10-11-12-13-15-22-18-19-25(27)26(20-22)31-23-16-14-17-24(21-23)32(28,29)30/h14,16-21,27H,2-13,15H2,1H3,(H,28,29,30). The summed E-state index contributed by atoms with van der Waals surface area (Å²) in [6.07, 6.45) is 16.6. The van der Waals surface area contributed by atoms with Crippen molar-refractivity contribution in [2.24, 2.45) is 0 Å². The molecule has 0 aliphatic rings. The van der Waals surface area contributed by atoms with Crippen LogP contribution in [0.25, 0.3) is 0 Å². The van der Waals surface area contributed by atoms with Crippen molar-refractivity contribution < 1.29 is 22.8 Å². The van der Waals surface area contributed by atoms with Gasteiger partial charge >= 0.3 is 0 Å². The molecule has 2 aromatic carbocycles. The van der Waals surface area contributed by atoms with Gasteiger partial charge in [-0.05, 0) is 42.7 Å². The maximum Gasteiger partial charge on any atom is 0.294 e. The molecule has 5 nitrogen and oxygen atoms in total. The molecule has 0 aromatic heterocycles. The third kappa shape index (κ3) is 10.0. The highest BCUT2D eigenvalue weighted by Crippen LogP contribution is 2.32. The molecule has 0 fully saturated rings. The van der Waals surface area contributed by atoms with E-state index in [1.807, 2.05) is 6.07 Å². The zero-order chi connectivity index (χ0) is 23.2. The van der Waals surface area contributed by atoms with Crippen molar-refractivity contribution in [1.29, 1.82) is 0 Å². The van der Waals surface area contributed by atoms with E-state index in [1.54, 1.807) is 18.2 Å². The minimum atomic E-state index is -4.31. The van der Waals surface area contributed by atoms with Gasteiger partial charge < -0.3 is 9.84 Å². The number of benzene rings is 2. The number of hydrogen-bond acceptors (Lipinski definition) is 4. The highest BCUT2D eigenvalue weighted by molar-refractivity contribution is 7.85. The molecular formula is C26H38O5S. The van der Waals surface area contributed by atoms with Crippen molar-refractivity contribution in [2.75, 3.05) is 0 Å². The number of ether oxygens (including phenoxy) is 1. The molecule has 0 aliphatic carbocycles. The van der Waals surface area contributed by atoms with Crippen LogP contribution in [0.3, 0.4) is 0 Å². The predicted octanol–water partition coefficient (Wildman–Crippen LogP) is 7.67. The summed E-state index contributed by atoms with van der Waals surface area (Å²) in [6.45, 7) is 2.25. The molecule has 0 atom stereocenters. The highest BCUT2D eigenvalue weighted by Gasteiger charge is 2.12. The van der Waals surface area contributed by atoms with Gasteiger partial charge in [-0.25, -0.2) is 0 Å². The minimum Gasteiger partial charge on any atom is -0.504 e. The number of hydrogen-bond donors (Lipinski definition) is 2. The van der Waals surface area contributed by atoms with Gasteiger partial charge in [0.15, 0.2) is 11.5 Å². The van der Waals surface area contributed by atoms with E-state index in [0.29, 0.717) is 0 Å². The van der Waals surface area contributed by atoms with Crippen LogP contribution in [0.2, 0.25) is 0 Å². The number of rotatable bonds is 16. The Balaban J connectivity index is 1.70. The first kappa shape index (κ1) is 26.2. The highest BCUT2D eigenvalue weighted by atomic mass is 32.2. The first-order valence-corrected chi connectivity index (χ1v) is 13.4. The van der Waals surface area contributed by atoms with Crippen molar-refractivity contribution in [3.63, 3.8) is 0 Å². The number of aromatic hydroxyl groups is 1. The second-order valence-electron chi connectivity index (χ2n) is 8.49. The Kier molecular flexibility index (Phi) is 11.6. The monoisotopic (exact) mass is 462 g/mol. The Bertz CT molecular complexity index is 908. The molecule has 2 aromatic rings. The predicted molar refractivity (Wildman–Crippen MR) is 129 cm³/mol. The zero-order valence-corrected chi connectivity index (χ0v) is 20.1. The molecule has 0 spiro atoms. The molecule has 0 saturated heterocycles. The summed E-state index contributed by atoms with van der Waals surface area (Å²) in [5, 5.41) is 10.1. The van der Waals surface area contributed by atoms with Gasteiger partial charge in [-0.2, -0.15) is 8.42 Å². The SMILES string of the molecule is CCCCCCCCCCCCCCc1ccc(O)c(Oc2cccc(S(=O)(=O)O)c2)c1. The van der Waals surface area contributed by atoms with E-state index in [2.05, 4.69) is 6.92 Å². The van der Waals surface area contributed by atoms with Crippen LogP contribution in [0, 0.1) is 0 Å². The summed E-state index contributed by atoms with van der Waals surface area (Å²) in [6, 6.07) is 10.8. The molecule has 0 unspecified atom stereocenters. The fourth-order valence-electron chi connectivity index (χ4n) is 3.79. The molecule has 2 rings (SSSR count). The quantitative estimate of drug-likeness (QED) is 0.197. The Morgan fingerprint density at radius 2 is 1.38 bits per heavy atom. The molecule has 0 heterocycles. The van der Waals surface area contributed by atoms with Crippen LogP contribution in [0.1, 0.15) is 89.5 Å². The summed E-state index contributed by atoms with van der Waals surface area (Å²) < 4.78 is 37.5. The van der Waals surface area contributed by atoms with Crippen molar-refractivity contribution in [2.45, 2.75) is 95.3 Å². The molecular weight excluding hydrogens is 424 g/mol. The third-order valence-corrected chi connectivity index (χ3v) is 6.52. The topological polar surface area (TPSA) is 83.8 Å². The third-order valence-electron chi connectivity index (χ3n) is 5.67. The minimum absolute atomic E-state index is 0.0132. The summed E-state index contributed by atoms with van der Waals surface area (Å²) in [5.41, 5.74) is 1.07. The second kappa shape index (κ2) is 14.2. The van der Waals surface area contributed by atoms with Gasteiger partial charge in [-0.1, -0.05) is 89.7 Å². The summed E-state index contributed by atoms with van der Waals surface area (Å²) in [7, 11) is -4.31. The van der Waals surface area contributed by atoms with E-state index in [4.69, 9.17) is 4.74 Å². The first-order chi connectivity index (χ1) is 15.4. The van der Waals surface area contributed by atoms with Gasteiger partial charge in [-0.15, -0.1) is 0 Å². The molecule has 32 heavy (non-hydrogen) atoms. The van der Waals surface area contributed by atoms with Crippen molar-refractivity contribution in [3.05, 3.63) is 48.0 Å². The van der Waals surface area contributed by atoms with Crippen molar-refractivity contribution in [1.82, 2.24) is 0 Å². The molecule has 0 amide bonds. The number of phenols is 1. The molecule has 178 valence electrons. The summed E-state index contributed by atoms with van der Waals surface area (Å²) in [5.74, 6) is 0.493. The summed E-state index contributed by atoms with van der Waals surface area (Å²) in [4.78, 5) is -0.248. The lowest BCUT2D eigenvalue weighted by molar-refractivity contribution is 0.409. The van der Waals surface area contributed by atoms with Gasteiger partial charge in [0.25, 0.3) is 10.1 Å². The van der Waals surface area contributed by atoms with Crippen LogP contribution >= 0.6 is 0 Å². The number of aryl methyl sites for hydroxylation is 1. The van der Waals surface area contributed by atoms with Gasteiger partial charge in [0.2, 0.25) is 0 Å². The molecule has 0 saturated carbocycles. The van der Waals surface area contributed by atoms with Gasteiger partial charge in [-0.3, -0.25) is 4.55 Å². The Morgan fingerprint density at radius 1 is 0.781 bits per heavy atom. The summed E-state index contributed by atoms with van der Waals surface area (Å²) >= 11 is 0. The van der Waals surface area contributed by atoms with Crippen LogP contribution in [0.15, 0.2) is 47.4 Å². The first-order valence-electron chi connectivity index (χ1n) is 12.0. The van der Waals surface area contributed by atoms with Crippen LogP contribution in [0.4, 0.5) is 0 Å². The lowest BCUT2D eigenvalue weighted by atomic mass is 10.0. The van der Waals surface area contributed by atoms with E-state index >= 15 is 0 Å². The van der Waals surface area contributed by atoms with E-state index in [9.17, 15) is 18.1 Å². The molecule has 2 N–H and O–H groups in total. The zero-order valence-electron chi connectivity index (χ0n) is 19.3. The van der Waals surface area contributed by atoms with E-state index in [0.717, 1.165) is 18.4 Å². The number of phenolic OH excluding ortho intramolecular Hbond substituents is 1. The molecule has 0 radical (unpaired) electrons. The van der Waals surface area contributed by atoms with Crippen LogP contribution < -0.4 is 4.74 Å². The van der Waals surface area contributed by atoms with Crippen LogP contribution in [-0.2, 0) is 16.5 Å². The molecule has 6 heteroatoms. The average molecular weight is 463 g/mol. The Morgan fingerprint density at radius 3 is 1.97 bits per heavy atom. The average Bonchev–Trinajstić information content (AvgIpc) is 2.76. The van der Waals surface area contributed by atoms with Crippen molar-refractivity contribution in [3.8, 4) is 17.2 Å². The smallest absolute Gasteiger partial charge is 0.294 e. The fraction of sp³-hybridized carbons (Fsp3) is 0.538. The van der Waals surface area contributed by atoms with E-state index in [1.165, 1.54) is 88.8 Å². The molecule has 0 bridgehead atoms. The van der Waals surface area contributed by atoms with Gasteiger partial charge in [0.1, 0.15) is 5.75 Å². The Labute approximate surface area is 193 Å². The van der Waals surface area contributed by atoms with Gasteiger partial charge in [0.05, 0.1) is 4.90 Å². The lowest BCUT2D eigenvalue weighted by Crippen LogP contribution is -1.98. The molecule has 0 aliphatic heterocycles. The largest absolute Gasteiger partial charge is 0.504 e. The van der Waals surface area contributed by atoms with E-state index in [-0.39, 0.29) is 22.1 Å².